The number of nitrogens with zero attached hydrogens (tertiary/aromatic N) is 3. The van der Waals surface area contributed by atoms with Gasteiger partial charge in [0, 0.05) is 19.1 Å². The summed E-state index contributed by atoms with van der Waals surface area (Å²) in [7, 11) is 0. The molecular formula is C14H14ClF3N4S. The molecule has 9 heteroatoms. The van der Waals surface area contributed by atoms with Gasteiger partial charge in [0.1, 0.15) is 0 Å². The Bertz CT molecular complexity index is 676. The van der Waals surface area contributed by atoms with Crippen LogP contribution in [0.15, 0.2) is 24.3 Å². The van der Waals surface area contributed by atoms with Crippen molar-refractivity contribution in [2.45, 2.75) is 25.1 Å². The highest BCUT2D eigenvalue weighted by molar-refractivity contribution is 7.15. The average Bonchev–Trinajstić information content (AvgIpc) is 2.97. The molecule has 1 unspecified atom stereocenters. The molecule has 1 atom stereocenters. The predicted molar refractivity (Wildman–Crippen MR) is 85.2 cm³/mol. The van der Waals surface area contributed by atoms with Crippen molar-refractivity contribution >= 4 is 33.8 Å². The van der Waals surface area contributed by atoms with Gasteiger partial charge >= 0.3 is 6.18 Å². The monoisotopic (exact) mass is 362 g/mol. The SMILES string of the molecule is FC(F)(F)c1nnc(NC2CCCN(c3ccccc3Cl)C2)s1. The molecule has 2 aromatic rings. The van der Waals surface area contributed by atoms with E-state index in [4.69, 9.17) is 11.6 Å². The number of rotatable bonds is 3. The van der Waals surface area contributed by atoms with E-state index < -0.39 is 11.2 Å². The second kappa shape index (κ2) is 6.52. The summed E-state index contributed by atoms with van der Waals surface area (Å²) in [6.07, 6.45) is -2.66. The summed E-state index contributed by atoms with van der Waals surface area (Å²) in [5, 5.41) is 9.76. The molecule has 0 spiro atoms. The van der Waals surface area contributed by atoms with E-state index in [2.05, 4.69) is 20.4 Å². The van der Waals surface area contributed by atoms with Crippen LogP contribution in [0.25, 0.3) is 0 Å². The van der Waals surface area contributed by atoms with Crippen molar-refractivity contribution < 1.29 is 13.2 Å². The summed E-state index contributed by atoms with van der Waals surface area (Å²) < 4.78 is 37.7. The van der Waals surface area contributed by atoms with Crippen molar-refractivity contribution in [1.29, 1.82) is 0 Å². The van der Waals surface area contributed by atoms with E-state index in [0.29, 0.717) is 22.9 Å². The molecular weight excluding hydrogens is 349 g/mol. The number of nitrogens with one attached hydrogen (secondary N) is 1. The molecule has 2 heterocycles. The fourth-order valence-electron chi connectivity index (χ4n) is 2.59. The first kappa shape index (κ1) is 16.3. The quantitative estimate of drug-likeness (QED) is 0.884. The Morgan fingerprint density at radius 2 is 2.04 bits per heavy atom. The van der Waals surface area contributed by atoms with Gasteiger partial charge in [-0.2, -0.15) is 13.2 Å². The van der Waals surface area contributed by atoms with Gasteiger partial charge in [-0.1, -0.05) is 35.1 Å². The molecule has 1 N–H and O–H groups in total. The fraction of sp³-hybridized carbons (Fsp3) is 0.429. The highest BCUT2D eigenvalue weighted by Crippen LogP contribution is 2.34. The van der Waals surface area contributed by atoms with E-state index in [1.165, 1.54) is 0 Å². The molecule has 1 fully saturated rings. The Labute approximate surface area is 140 Å². The minimum absolute atomic E-state index is 0.00839. The van der Waals surface area contributed by atoms with Gasteiger partial charge in [0.05, 0.1) is 10.7 Å². The van der Waals surface area contributed by atoms with Gasteiger partial charge in [0.25, 0.3) is 0 Å². The number of piperidine rings is 1. The molecule has 0 bridgehead atoms. The van der Waals surface area contributed by atoms with E-state index in [1.807, 2.05) is 24.3 Å². The lowest BCUT2D eigenvalue weighted by atomic mass is 10.1. The summed E-state index contributed by atoms with van der Waals surface area (Å²) in [4.78, 5) is 2.13. The Morgan fingerprint density at radius 3 is 2.74 bits per heavy atom. The third-order valence-corrected chi connectivity index (χ3v) is 4.83. The summed E-state index contributed by atoms with van der Waals surface area (Å²) in [6.45, 7) is 1.52. The minimum atomic E-state index is -4.45. The molecule has 1 aliphatic heterocycles. The number of para-hydroxylation sites is 1. The first-order chi connectivity index (χ1) is 10.9. The second-order valence-electron chi connectivity index (χ2n) is 5.29. The van der Waals surface area contributed by atoms with E-state index in [0.717, 1.165) is 25.1 Å². The number of alkyl halides is 3. The Balaban J connectivity index is 1.67. The molecule has 1 aromatic carbocycles. The predicted octanol–water partition coefficient (Wildman–Crippen LogP) is 4.29. The van der Waals surface area contributed by atoms with Gasteiger partial charge in [-0.15, -0.1) is 10.2 Å². The maximum atomic E-state index is 12.6. The molecule has 1 saturated heterocycles. The Morgan fingerprint density at radius 1 is 1.26 bits per heavy atom. The van der Waals surface area contributed by atoms with E-state index in [9.17, 15) is 13.2 Å². The van der Waals surface area contributed by atoms with Crippen LogP contribution in [-0.2, 0) is 6.18 Å². The maximum Gasteiger partial charge on any atom is 0.445 e. The van der Waals surface area contributed by atoms with Gasteiger partial charge in [-0.3, -0.25) is 0 Å². The van der Waals surface area contributed by atoms with Crippen molar-refractivity contribution in [2.24, 2.45) is 0 Å². The lowest BCUT2D eigenvalue weighted by molar-refractivity contribution is -0.138. The zero-order valence-electron chi connectivity index (χ0n) is 12.0. The number of benzene rings is 1. The highest BCUT2D eigenvalue weighted by atomic mass is 35.5. The van der Waals surface area contributed by atoms with Crippen LogP contribution in [0.4, 0.5) is 24.0 Å². The topological polar surface area (TPSA) is 41.1 Å². The van der Waals surface area contributed by atoms with Crippen LogP contribution in [0.5, 0.6) is 0 Å². The second-order valence-corrected chi connectivity index (χ2v) is 6.68. The summed E-state index contributed by atoms with van der Waals surface area (Å²) >= 11 is 6.74. The van der Waals surface area contributed by atoms with Gasteiger partial charge < -0.3 is 10.2 Å². The molecule has 3 rings (SSSR count). The molecule has 0 amide bonds. The zero-order valence-corrected chi connectivity index (χ0v) is 13.5. The largest absolute Gasteiger partial charge is 0.445 e. The molecule has 4 nitrogen and oxygen atoms in total. The van der Waals surface area contributed by atoms with Crippen LogP contribution in [0.2, 0.25) is 5.02 Å². The minimum Gasteiger partial charge on any atom is -0.368 e. The number of hydrogen-bond acceptors (Lipinski definition) is 5. The molecule has 0 saturated carbocycles. The van der Waals surface area contributed by atoms with E-state index >= 15 is 0 Å². The summed E-state index contributed by atoms with van der Waals surface area (Å²) in [5.41, 5.74) is 0.939. The van der Waals surface area contributed by atoms with Crippen LogP contribution in [0.1, 0.15) is 17.8 Å². The van der Waals surface area contributed by atoms with Gasteiger partial charge in [-0.25, -0.2) is 0 Å². The van der Waals surface area contributed by atoms with Crippen molar-refractivity contribution in [1.82, 2.24) is 10.2 Å². The molecule has 1 aromatic heterocycles. The number of anilines is 2. The molecule has 0 radical (unpaired) electrons. The van der Waals surface area contributed by atoms with Gasteiger partial charge in [0.2, 0.25) is 10.1 Å². The van der Waals surface area contributed by atoms with Crippen molar-refractivity contribution in [3.8, 4) is 0 Å². The molecule has 0 aliphatic carbocycles. The van der Waals surface area contributed by atoms with Gasteiger partial charge in [0.15, 0.2) is 0 Å². The zero-order chi connectivity index (χ0) is 16.4. The third-order valence-electron chi connectivity index (χ3n) is 3.61. The van der Waals surface area contributed by atoms with E-state index in [-0.39, 0.29) is 11.2 Å². The first-order valence-electron chi connectivity index (χ1n) is 7.10. The Kier molecular flexibility index (Phi) is 4.63. The number of aromatic nitrogens is 2. The normalized spacial score (nSPS) is 19.0. The lowest BCUT2D eigenvalue weighted by Crippen LogP contribution is -2.42. The van der Waals surface area contributed by atoms with Crippen LogP contribution in [-0.4, -0.2) is 29.3 Å². The fourth-order valence-corrected chi connectivity index (χ4v) is 3.54. The van der Waals surface area contributed by atoms with Crippen molar-refractivity contribution in [3.05, 3.63) is 34.3 Å². The van der Waals surface area contributed by atoms with Crippen molar-refractivity contribution in [2.75, 3.05) is 23.3 Å². The molecule has 1 aliphatic rings. The maximum absolute atomic E-state index is 12.6. The first-order valence-corrected chi connectivity index (χ1v) is 8.29. The van der Waals surface area contributed by atoms with Crippen LogP contribution in [0.3, 0.4) is 0 Å². The number of halogens is 4. The summed E-state index contributed by atoms with van der Waals surface area (Å²) in [6, 6.07) is 7.56. The molecule has 23 heavy (non-hydrogen) atoms. The summed E-state index contributed by atoms with van der Waals surface area (Å²) in [5.74, 6) is 0. The van der Waals surface area contributed by atoms with Crippen LogP contribution in [0, 0.1) is 0 Å². The Hall–Kier alpha value is -1.54. The van der Waals surface area contributed by atoms with Crippen LogP contribution < -0.4 is 10.2 Å². The van der Waals surface area contributed by atoms with E-state index in [1.54, 1.807) is 0 Å². The number of hydrogen-bond donors (Lipinski definition) is 1. The lowest BCUT2D eigenvalue weighted by Gasteiger charge is -2.35. The third kappa shape index (κ3) is 3.87. The van der Waals surface area contributed by atoms with Crippen molar-refractivity contribution in [3.63, 3.8) is 0 Å². The molecule has 124 valence electrons. The average molecular weight is 363 g/mol. The van der Waals surface area contributed by atoms with Gasteiger partial charge in [-0.05, 0) is 25.0 Å². The smallest absolute Gasteiger partial charge is 0.368 e. The standard InChI is InChI=1S/C14H14ClF3N4S/c15-10-5-1-2-6-11(10)22-7-3-4-9(8-22)19-13-21-20-12(23-13)14(16,17)18/h1-2,5-6,9H,3-4,7-8H2,(H,19,21). The van der Waals surface area contributed by atoms with Crippen LogP contribution >= 0.6 is 22.9 Å². The highest BCUT2D eigenvalue weighted by Gasteiger charge is 2.36.